The van der Waals surface area contributed by atoms with Gasteiger partial charge in [-0.15, -0.1) is 0 Å². The van der Waals surface area contributed by atoms with Gasteiger partial charge in [0.2, 0.25) is 5.95 Å². The molecule has 2 aromatic heterocycles. The van der Waals surface area contributed by atoms with Gasteiger partial charge in [0.15, 0.2) is 5.69 Å². The molecule has 134 valence electrons. The van der Waals surface area contributed by atoms with Crippen LogP contribution in [-0.2, 0) is 11.3 Å². The molecule has 0 spiro atoms. The number of aryl methyl sites for hydroxylation is 1. The second-order valence-electron chi connectivity index (χ2n) is 6.13. The highest BCUT2D eigenvalue weighted by Gasteiger charge is 2.37. The number of nitrogens with zero attached hydrogens (tertiary/aromatic N) is 4. The molecule has 0 saturated carbocycles. The van der Waals surface area contributed by atoms with Crippen LogP contribution in [0.4, 0.5) is 5.95 Å². The van der Waals surface area contributed by atoms with Crippen LogP contribution in [-0.4, -0.2) is 58.5 Å². The summed E-state index contributed by atoms with van der Waals surface area (Å²) in [5.41, 5.74) is -0.253. The van der Waals surface area contributed by atoms with E-state index in [0.717, 1.165) is 0 Å². The Kier molecular flexibility index (Phi) is 4.95. The number of amides is 1. The third kappa shape index (κ3) is 3.77. The Morgan fingerprint density at radius 1 is 1.48 bits per heavy atom. The number of carbonyl (C=O) groups excluding carboxylic acids is 1. The van der Waals surface area contributed by atoms with E-state index >= 15 is 0 Å². The number of ether oxygens (including phenoxy) is 1. The van der Waals surface area contributed by atoms with E-state index in [1.807, 2.05) is 4.90 Å². The maximum absolute atomic E-state index is 12.4. The summed E-state index contributed by atoms with van der Waals surface area (Å²) in [5, 5.41) is 17.2. The first-order valence-electron chi connectivity index (χ1n) is 7.99. The van der Waals surface area contributed by atoms with E-state index in [0.29, 0.717) is 36.8 Å². The summed E-state index contributed by atoms with van der Waals surface area (Å²) in [7, 11) is 1.54. The second kappa shape index (κ2) is 7.16. The molecular formula is C16H21N5O4. The van der Waals surface area contributed by atoms with E-state index in [2.05, 4.69) is 20.4 Å². The molecule has 1 aliphatic heterocycles. The Morgan fingerprint density at radius 2 is 2.24 bits per heavy atom. The molecule has 2 N–H and O–H groups in total. The van der Waals surface area contributed by atoms with Crippen LogP contribution in [0.25, 0.3) is 0 Å². The zero-order valence-electron chi connectivity index (χ0n) is 14.2. The molecule has 25 heavy (non-hydrogen) atoms. The summed E-state index contributed by atoms with van der Waals surface area (Å²) in [6.45, 7) is 3.03. The van der Waals surface area contributed by atoms with Crippen molar-refractivity contribution in [2.75, 3.05) is 31.6 Å². The summed E-state index contributed by atoms with van der Waals surface area (Å²) >= 11 is 0. The maximum Gasteiger partial charge on any atom is 0.273 e. The molecule has 1 atom stereocenters. The fourth-order valence-electron chi connectivity index (χ4n) is 2.84. The number of aromatic nitrogens is 3. The monoisotopic (exact) mass is 347 g/mol. The van der Waals surface area contributed by atoms with Crippen molar-refractivity contribution in [1.29, 1.82) is 0 Å². The zero-order valence-corrected chi connectivity index (χ0v) is 14.2. The van der Waals surface area contributed by atoms with E-state index in [4.69, 9.17) is 9.26 Å². The van der Waals surface area contributed by atoms with Crippen LogP contribution in [0.3, 0.4) is 0 Å². The largest absolute Gasteiger partial charge is 0.386 e. The van der Waals surface area contributed by atoms with Gasteiger partial charge in [0.25, 0.3) is 5.91 Å². The lowest BCUT2D eigenvalue weighted by molar-refractivity contribution is 0.0571. The minimum Gasteiger partial charge on any atom is -0.386 e. The molecule has 1 saturated heterocycles. The topological polar surface area (TPSA) is 114 Å². The third-order valence-corrected chi connectivity index (χ3v) is 4.23. The maximum atomic E-state index is 12.4. The summed E-state index contributed by atoms with van der Waals surface area (Å²) in [4.78, 5) is 22.6. The van der Waals surface area contributed by atoms with Crippen LogP contribution < -0.4 is 10.2 Å². The molecule has 3 rings (SSSR count). The Bertz CT molecular complexity index is 735. The molecule has 9 nitrogen and oxygen atoms in total. The van der Waals surface area contributed by atoms with Crippen molar-refractivity contribution in [1.82, 2.24) is 20.4 Å². The van der Waals surface area contributed by atoms with Crippen molar-refractivity contribution in [3.63, 3.8) is 0 Å². The summed E-state index contributed by atoms with van der Waals surface area (Å²) in [6.07, 6.45) is 3.83. The lowest BCUT2D eigenvalue weighted by Crippen LogP contribution is -2.45. The fraction of sp³-hybridized carbons (Fsp3) is 0.500. The minimum atomic E-state index is -1.05. The van der Waals surface area contributed by atoms with Crippen LogP contribution in [0.1, 0.15) is 28.2 Å². The first-order valence-corrected chi connectivity index (χ1v) is 7.99. The van der Waals surface area contributed by atoms with Crippen molar-refractivity contribution in [3.05, 3.63) is 35.5 Å². The predicted molar refractivity (Wildman–Crippen MR) is 88.1 cm³/mol. The van der Waals surface area contributed by atoms with Crippen molar-refractivity contribution in [2.45, 2.75) is 25.6 Å². The number of anilines is 1. The van der Waals surface area contributed by atoms with Crippen LogP contribution in [0.15, 0.2) is 23.0 Å². The number of nitrogens with one attached hydrogen (secondary N) is 1. The summed E-state index contributed by atoms with van der Waals surface area (Å²) in [6, 6.07) is 1.74. The summed E-state index contributed by atoms with van der Waals surface area (Å²) in [5.74, 6) is 0.713. The normalized spacial score (nSPS) is 20.0. The number of rotatable bonds is 6. The number of aliphatic hydroxyl groups is 1. The lowest BCUT2D eigenvalue weighted by Gasteiger charge is -2.23. The molecule has 3 heterocycles. The lowest BCUT2D eigenvalue weighted by atomic mass is 10.0. The van der Waals surface area contributed by atoms with Gasteiger partial charge in [0, 0.05) is 32.6 Å². The molecule has 2 aromatic rings. The zero-order chi connectivity index (χ0) is 17.9. The standard InChI is InChI=1S/C16H21N5O4/c1-11-12(8-24-2)13(20-25-11)14(22)19-9-16(23)4-7-21(10-16)15-17-5-3-6-18-15/h3,5-6,23H,4,7-10H2,1-2H3,(H,19,22)/t16-/m0/s1. The van der Waals surface area contributed by atoms with Crippen molar-refractivity contribution in [2.24, 2.45) is 0 Å². The van der Waals surface area contributed by atoms with Gasteiger partial charge in [-0.1, -0.05) is 5.16 Å². The van der Waals surface area contributed by atoms with E-state index in [1.54, 1.807) is 25.4 Å². The Hall–Kier alpha value is -2.52. The van der Waals surface area contributed by atoms with Gasteiger partial charge in [-0.25, -0.2) is 9.97 Å². The number of methoxy groups -OCH3 is 1. The van der Waals surface area contributed by atoms with E-state index in [-0.39, 0.29) is 18.8 Å². The molecule has 0 aliphatic carbocycles. The van der Waals surface area contributed by atoms with Crippen LogP contribution in [0.5, 0.6) is 0 Å². The van der Waals surface area contributed by atoms with Gasteiger partial charge < -0.3 is 24.6 Å². The summed E-state index contributed by atoms with van der Waals surface area (Å²) < 4.78 is 10.1. The van der Waals surface area contributed by atoms with Crippen molar-refractivity contribution >= 4 is 11.9 Å². The first-order chi connectivity index (χ1) is 12.0. The van der Waals surface area contributed by atoms with Crippen LogP contribution in [0, 0.1) is 6.92 Å². The van der Waals surface area contributed by atoms with Gasteiger partial charge in [-0.3, -0.25) is 4.79 Å². The average Bonchev–Trinajstić information content (AvgIpc) is 3.19. The second-order valence-corrected chi connectivity index (χ2v) is 6.13. The van der Waals surface area contributed by atoms with Gasteiger partial charge in [0.1, 0.15) is 11.4 Å². The van der Waals surface area contributed by atoms with Gasteiger partial charge >= 0.3 is 0 Å². The van der Waals surface area contributed by atoms with Crippen molar-refractivity contribution in [3.8, 4) is 0 Å². The van der Waals surface area contributed by atoms with Gasteiger partial charge in [-0.2, -0.15) is 0 Å². The van der Waals surface area contributed by atoms with E-state index < -0.39 is 11.5 Å². The Labute approximate surface area is 145 Å². The molecule has 1 aliphatic rings. The van der Waals surface area contributed by atoms with Gasteiger partial charge in [0.05, 0.1) is 18.7 Å². The van der Waals surface area contributed by atoms with E-state index in [1.165, 1.54) is 7.11 Å². The molecule has 0 radical (unpaired) electrons. The smallest absolute Gasteiger partial charge is 0.273 e. The van der Waals surface area contributed by atoms with Crippen molar-refractivity contribution < 1.29 is 19.2 Å². The molecule has 9 heteroatoms. The SMILES string of the molecule is COCc1c(C(=O)NC[C@@]2(O)CCN(c3ncccn3)C2)noc1C. The Balaban J connectivity index is 1.61. The average molecular weight is 347 g/mol. The number of hydrogen-bond acceptors (Lipinski definition) is 8. The predicted octanol–water partition coefficient (Wildman–Crippen LogP) is 0.291. The number of β-amino-alcohol motifs (C(OH)–C–C–N with tert-alkyl or cyclic N) is 1. The number of carbonyl (C=O) groups is 1. The highest BCUT2D eigenvalue weighted by molar-refractivity contribution is 5.93. The quantitative estimate of drug-likeness (QED) is 0.766. The molecule has 0 unspecified atom stereocenters. The Morgan fingerprint density at radius 3 is 2.96 bits per heavy atom. The molecular weight excluding hydrogens is 326 g/mol. The first kappa shape index (κ1) is 17.3. The minimum absolute atomic E-state index is 0.105. The van der Waals surface area contributed by atoms with Crippen LogP contribution in [0.2, 0.25) is 0 Å². The number of hydrogen-bond donors (Lipinski definition) is 2. The highest BCUT2D eigenvalue weighted by atomic mass is 16.5. The van der Waals surface area contributed by atoms with Crippen LogP contribution >= 0.6 is 0 Å². The molecule has 0 bridgehead atoms. The molecule has 1 fully saturated rings. The molecule has 1 amide bonds. The third-order valence-electron chi connectivity index (χ3n) is 4.23. The van der Waals surface area contributed by atoms with Gasteiger partial charge in [-0.05, 0) is 19.4 Å². The fourth-order valence-corrected chi connectivity index (χ4v) is 2.84. The highest BCUT2D eigenvalue weighted by Crippen LogP contribution is 2.24. The van der Waals surface area contributed by atoms with E-state index in [9.17, 15) is 9.90 Å². The molecule has 0 aromatic carbocycles.